The van der Waals surface area contributed by atoms with E-state index in [-0.39, 0.29) is 5.69 Å². The highest BCUT2D eigenvalue weighted by atomic mass is 35.5. The molecular formula is C17H16ClN3O2S. The van der Waals surface area contributed by atoms with Gasteiger partial charge in [0.25, 0.3) is 5.69 Å². The van der Waals surface area contributed by atoms with Gasteiger partial charge in [-0.15, -0.1) is 0 Å². The number of halogens is 1. The van der Waals surface area contributed by atoms with Gasteiger partial charge in [0.15, 0.2) is 0 Å². The molecule has 0 N–H and O–H groups in total. The molecule has 0 unspecified atom stereocenters. The molecule has 1 fully saturated rings. The van der Waals surface area contributed by atoms with Crippen LogP contribution in [0.4, 0.5) is 11.4 Å². The van der Waals surface area contributed by atoms with Crippen molar-refractivity contribution < 1.29 is 4.92 Å². The molecule has 24 heavy (non-hydrogen) atoms. The van der Waals surface area contributed by atoms with Crippen molar-refractivity contribution in [2.24, 2.45) is 0 Å². The summed E-state index contributed by atoms with van der Waals surface area (Å²) in [6, 6.07) is 14.3. The van der Waals surface area contributed by atoms with Crippen molar-refractivity contribution in [3.8, 4) is 0 Å². The summed E-state index contributed by atoms with van der Waals surface area (Å²) in [5, 5.41) is 11.6. The first kappa shape index (κ1) is 16.7. The number of piperazine rings is 1. The maximum Gasteiger partial charge on any atom is 0.270 e. The third kappa shape index (κ3) is 3.66. The second kappa shape index (κ2) is 7.15. The minimum atomic E-state index is -0.400. The maximum absolute atomic E-state index is 10.9. The topological polar surface area (TPSA) is 49.6 Å². The molecule has 3 rings (SSSR count). The first-order valence-electron chi connectivity index (χ1n) is 7.59. The zero-order valence-corrected chi connectivity index (χ0v) is 14.5. The van der Waals surface area contributed by atoms with Gasteiger partial charge in [-0.05, 0) is 18.2 Å². The van der Waals surface area contributed by atoms with Crippen LogP contribution in [0.3, 0.4) is 0 Å². The molecule has 1 saturated heterocycles. The molecule has 0 spiro atoms. The summed E-state index contributed by atoms with van der Waals surface area (Å²) in [7, 11) is 0. The second-order valence-corrected chi connectivity index (χ2v) is 6.39. The smallest absolute Gasteiger partial charge is 0.270 e. The van der Waals surface area contributed by atoms with Gasteiger partial charge in [0.05, 0.1) is 4.92 Å². The fourth-order valence-corrected chi connectivity index (χ4v) is 3.27. The highest BCUT2D eigenvalue weighted by molar-refractivity contribution is 7.80. The molecule has 2 aromatic carbocycles. The lowest BCUT2D eigenvalue weighted by molar-refractivity contribution is -0.384. The molecule has 0 amide bonds. The Morgan fingerprint density at radius 2 is 1.79 bits per heavy atom. The fraction of sp³-hybridized carbons (Fsp3) is 0.235. The molecule has 124 valence electrons. The number of non-ortho nitro benzene ring substituents is 1. The van der Waals surface area contributed by atoms with Crippen LogP contribution in [0.2, 0.25) is 5.02 Å². The Kier molecular flexibility index (Phi) is 4.97. The van der Waals surface area contributed by atoms with Crippen molar-refractivity contribution >= 4 is 40.2 Å². The number of nitro benzene ring substituents is 1. The first-order chi connectivity index (χ1) is 11.5. The highest BCUT2D eigenvalue weighted by Crippen LogP contribution is 2.22. The molecule has 0 aromatic heterocycles. The number of nitrogens with zero attached hydrogens (tertiary/aromatic N) is 3. The van der Waals surface area contributed by atoms with Gasteiger partial charge >= 0.3 is 0 Å². The molecule has 7 heteroatoms. The van der Waals surface area contributed by atoms with E-state index in [1.54, 1.807) is 6.07 Å². The van der Waals surface area contributed by atoms with Crippen LogP contribution >= 0.6 is 23.8 Å². The van der Waals surface area contributed by atoms with E-state index in [0.717, 1.165) is 42.5 Å². The van der Waals surface area contributed by atoms with E-state index in [9.17, 15) is 10.1 Å². The number of rotatable bonds is 3. The number of hydrogen-bond donors (Lipinski definition) is 0. The monoisotopic (exact) mass is 361 g/mol. The minimum absolute atomic E-state index is 0.0624. The minimum Gasteiger partial charge on any atom is -0.368 e. The molecule has 0 saturated carbocycles. The SMILES string of the molecule is O=[N+]([O-])c1cccc(C(=S)N2CCN(c3cccc(Cl)c3)CC2)c1. The van der Waals surface area contributed by atoms with Crippen molar-refractivity contribution in [1.82, 2.24) is 4.90 Å². The maximum atomic E-state index is 10.9. The lowest BCUT2D eigenvalue weighted by atomic mass is 10.1. The second-order valence-electron chi connectivity index (χ2n) is 5.57. The Labute approximate surface area is 150 Å². The van der Waals surface area contributed by atoms with Gasteiger partial charge in [-0.2, -0.15) is 0 Å². The molecule has 0 bridgehead atoms. The zero-order valence-electron chi connectivity index (χ0n) is 12.9. The van der Waals surface area contributed by atoms with E-state index in [1.807, 2.05) is 30.3 Å². The largest absolute Gasteiger partial charge is 0.368 e. The Morgan fingerprint density at radius 1 is 1.08 bits per heavy atom. The molecule has 0 aliphatic carbocycles. The van der Waals surface area contributed by atoms with E-state index < -0.39 is 4.92 Å². The Hall–Kier alpha value is -2.18. The summed E-state index contributed by atoms with van der Waals surface area (Å²) < 4.78 is 0. The van der Waals surface area contributed by atoms with E-state index >= 15 is 0 Å². The van der Waals surface area contributed by atoms with Gasteiger partial charge in [0.1, 0.15) is 4.99 Å². The predicted molar refractivity (Wildman–Crippen MR) is 100 cm³/mol. The van der Waals surface area contributed by atoms with Crippen molar-refractivity contribution in [2.75, 3.05) is 31.1 Å². The zero-order chi connectivity index (χ0) is 17.1. The van der Waals surface area contributed by atoms with Crippen molar-refractivity contribution in [2.45, 2.75) is 0 Å². The highest BCUT2D eigenvalue weighted by Gasteiger charge is 2.21. The third-order valence-corrected chi connectivity index (χ3v) is 4.77. The molecule has 0 radical (unpaired) electrons. The average molecular weight is 362 g/mol. The summed E-state index contributed by atoms with van der Waals surface area (Å²) in [5.41, 5.74) is 1.88. The van der Waals surface area contributed by atoms with Crippen LogP contribution in [0.5, 0.6) is 0 Å². The first-order valence-corrected chi connectivity index (χ1v) is 8.37. The van der Waals surface area contributed by atoms with Crippen LogP contribution in [0.15, 0.2) is 48.5 Å². The normalized spacial score (nSPS) is 14.5. The summed E-state index contributed by atoms with van der Waals surface area (Å²) in [4.78, 5) is 15.5. The fourth-order valence-electron chi connectivity index (χ4n) is 2.78. The number of nitro groups is 1. The van der Waals surface area contributed by atoms with Gasteiger partial charge in [-0.25, -0.2) is 0 Å². The van der Waals surface area contributed by atoms with E-state index in [0.29, 0.717) is 4.99 Å². The van der Waals surface area contributed by atoms with E-state index in [2.05, 4.69) is 9.80 Å². The quantitative estimate of drug-likeness (QED) is 0.473. The summed E-state index contributed by atoms with van der Waals surface area (Å²) >= 11 is 11.6. The Morgan fingerprint density at radius 3 is 2.46 bits per heavy atom. The molecule has 0 atom stereocenters. The average Bonchev–Trinajstić information content (AvgIpc) is 2.61. The number of hydrogen-bond acceptors (Lipinski definition) is 4. The van der Waals surface area contributed by atoms with E-state index in [4.69, 9.17) is 23.8 Å². The molecular weight excluding hydrogens is 346 g/mol. The van der Waals surface area contributed by atoms with Gasteiger partial charge < -0.3 is 9.80 Å². The van der Waals surface area contributed by atoms with Crippen LogP contribution in [0.25, 0.3) is 0 Å². The molecule has 1 heterocycles. The van der Waals surface area contributed by atoms with Gasteiger partial charge in [-0.3, -0.25) is 10.1 Å². The van der Waals surface area contributed by atoms with Crippen molar-refractivity contribution in [3.05, 3.63) is 69.2 Å². The number of benzene rings is 2. The Bertz CT molecular complexity index is 776. The molecule has 1 aliphatic rings. The lowest BCUT2D eigenvalue weighted by Crippen LogP contribution is -2.48. The third-order valence-electron chi connectivity index (χ3n) is 4.04. The van der Waals surface area contributed by atoms with Crippen molar-refractivity contribution in [1.29, 1.82) is 0 Å². The summed E-state index contributed by atoms with van der Waals surface area (Å²) in [5.74, 6) is 0. The number of thiocarbonyl (C=S) groups is 1. The van der Waals surface area contributed by atoms with Crippen LogP contribution in [-0.2, 0) is 0 Å². The lowest BCUT2D eigenvalue weighted by Gasteiger charge is -2.37. The molecule has 1 aliphatic heterocycles. The van der Waals surface area contributed by atoms with Gasteiger partial charge in [-0.1, -0.05) is 42.0 Å². The van der Waals surface area contributed by atoms with Crippen LogP contribution in [-0.4, -0.2) is 41.0 Å². The van der Waals surface area contributed by atoms with Gasteiger partial charge in [0, 0.05) is 54.6 Å². The summed E-state index contributed by atoms with van der Waals surface area (Å²) in [6.45, 7) is 3.20. The molecule has 2 aromatic rings. The molecule has 5 nitrogen and oxygen atoms in total. The predicted octanol–water partition coefficient (Wildman–Crippen LogP) is 3.75. The van der Waals surface area contributed by atoms with E-state index in [1.165, 1.54) is 12.1 Å². The summed E-state index contributed by atoms with van der Waals surface area (Å²) in [6.07, 6.45) is 0. The van der Waals surface area contributed by atoms with Crippen LogP contribution in [0, 0.1) is 10.1 Å². The van der Waals surface area contributed by atoms with Gasteiger partial charge in [0.2, 0.25) is 0 Å². The Balaban J connectivity index is 1.67. The standard InChI is InChI=1S/C17H16ClN3O2S/c18-14-4-2-5-15(12-14)19-7-9-20(10-8-19)17(24)13-3-1-6-16(11-13)21(22)23/h1-6,11-12H,7-10H2. The van der Waals surface area contributed by atoms with Crippen LogP contribution in [0.1, 0.15) is 5.56 Å². The van der Waals surface area contributed by atoms with Crippen molar-refractivity contribution in [3.63, 3.8) is 0 Å². The number of anilines is 1. The van der Waals surface area contributed by atoms with Crippen LogP contribution < -0.4 is 4.90 Å².